The molecule has 2 heterocycles. The van der Waals surface area contributed by atoms with Gasteiger partial charge in [-0.25, -0.2) is 0 Å². The van der Waals surface area contributed by atoms with Crippen molar-refractivity contribution >= 4 is 17.3 Å². The van der Waals surface area contributed by atoms with Crippen LogP contribution in [0.2, 0.25) is 5.02 Å². The fourth-order valence-electron chi connectivity index (χ4n) is 4.98. The van der Waals surface area contributed by atoms with Gasteiger partial charge in [0.25, 0.3) is 0 Å². The first kappa shape index (κ1) is 24.6. The molecular formula is C30H35ClN2O. The van der Waals surface area contributed by atoms with Crippen molar-refractivity contribution in [1.29, 1.82) is 0 Å². The lowest BCUT2D eigenvalue weighted by Crippen LogP contribution is -2.43. The van der Waals surface area contributed by atoms with Crippen molar-refractivity contribution < 1.29 is 4.74 Å². The van der Waals surface area contributed by atoms with Crippen LogP contribution in [0, 0.1) is 11.8 Å². The number of halogens is 1. The van der Waals surface area contributed by atoms with Crippen LogP contribution in [0.4, 0.5) is 5.69 Å². The molecule has 2 aliphatic heterocycles. The van der Waals surface area contributed by atoms with Gasteiger partial charge >= 0.3 is 0 Å². The minimum absolute atomic E-state index is 0.157. The highest BCUT2D eigenvalue weighted by atomic mass is 35.5. The fourth-order valence-corrected chi connectivity index (χ4v) is 5.16. The summed E-state index contributed by atoms with van der Waals surface area (Å²) in [5, 5.41) is 0.768. The standard InChI is InChI=1S/C30H35ClN2O/c1-4-6-8-12-24(22-32(3)26-13-9-7-10-14-26)23-33-19-17-30(18-20-33)28-21-25(31)15-16-27(28)29(34-30)11-5-2/h7-10,12-16,21-22,29H,4,6,17-20,23H2,1-3H3/b12-8+,24-22+. The van der Waals surface area contributed by atoms with E-state index in [0.29, 0.717) is 0 Å². The van der Waals surface area contributed by atoms with E-state index in [1.54, 1.807) is 0 Å². The third-order valence-corrected chi connectivity index (χ3v) is 7.02. The molecule has 0 saturated carbocycles. The lowest BCUT2D eigenvalue weighted by molar-refractivity contribution is -0.0907. The Morgan fingerprint density at radius 3 is 2.68 bits per heavy atom. The van der Waals surface area contributed by atoms with Crippen molar-refractivity contribution in [1.82, 2.24) is 4.90 Å². The molecule has 0 amide bonds. The van der Waals surface area contributed by atoms with Gasteiger partial charge in [-0.2, -0.15) is 0 Å². The molecule has 0 bridgehead atoms. The highest BCUT2D eigenvalue weighted by Gasteiger charge is 2.46. The average Bonchev–Trinajstić information content (AvgIpc) is 3.13. The second kappa shape index (κ2) is 11.3. The van der Waals surface area contributed by atoms with Crippen LogP contribution >= 0.6 is 11.6 Å². The summed E-state index contributed by atoms with van der Waals surface area (Å²) >= 11 is 6.39. The molecule has 1 fully saturated rings. The number of rotatable bonds is 7. The topological polar surface area (TPSA) is 15.7 Å². The van der Waals surface area contributed by atoms with E-state index in [1.807, 2.05) is 13.0 Å². The first-order chi connectivity index (χ1) is 16.5. The monoisotopic (exact) mass is 474 g/mol. The summed E-state index contributed by atoms with van der Waals surface area (Å²) in [4.78, 5) is 4.75. The molecular weight excluding hydrogens is 440 g/mol. The minimum Gasteiger partial charge on any atom is -0.351 e. The zero-order chi connectivity index (χ0) is 24.0. The maximum absolute atomic E-state index is 6.62. The molecule has 2 aliphatic rings. The summed E-state index contributed by atoms with van der Waals surface area (Å²) < 4.78 is 6.62. The molecule has 3 nitrogen and oxygen atoms in total. The summed E-state index contributed by atoms with van der Waals surface area (Å²) in [5.41, 5.74) is 4.64. The number of benzene rings is 2. The van der Waals surface area contributed by atoms with Crippen molar-refractivity contribution in [2.24, 2.45) is 0 Å². The van der Waals surface area contributed by atoms with Gasteiger partial charge in [0.2, 0.25) is 0 Å². The lowest BCUT2D eigenvalue weighted by Gasteiger charge is -2.39. The Kier molecular flexibility index (Phi) is 8.16. The van der Waals surface area contributed by atoms with E-state index in [-0.39, 0.29) is 11.7 Å². The summed E-state index contributed by atoms with van der Waals surface area (Å²) in [6, 6.07) is 16.6. The second-order valence-electron chi connectivity index (χ2n) is 9.24. The molecule has 4 heteroatoms. The number of para-hydroxylation sites is 1. The smallest absolute Gasteiger partial charge is 0.144 e. The number of ether oxygens (including phenoxy) is 1. The third-order valence-electron chi connectivity index (χ3n) is 6.79. The zero-order valence-corrected chi connectivity index (χ0v) is 21.3. The van der Waals surface area contributed by atoms with Crippen molar-refractivity contribution in [3.8, 4) is 11.8 Å². The Labute approximate surface area is 210 Å². The molecule has 0 N–H and O–H groups in total. The van der Waals surface area contributed by atoms with Gasteiger partial charge in [-0.05, 0) is 67.2 Å². The first-order valence-corrected chi connectivity index (χ1v) is 12.7. The summed E-state index contributed by atoms with van der Waals surface area (Å²) in [5.74, 6) is 6.29. The molecule has 1 atom stereocenters. The molecule has 0 aromatic heterocycles. The van der Waals surface area contributed by atoms with E-state index in [1.165, 1.54) is 22.4 Å². The molecule has 1 saturated heterocycles. The lowest BCUT2D eigenvalue weighted by atomic mass is 9.83. The number of fused-ring (bicyclic) bond motifs is 2. The van der Waals surface area contributed by atoms with E-state index in [9.17, 15) is 0 Å². The number of allylic oxidation sites excluding steroid dienone is 1. The highest BCUT2D eigenvalue weighted by molar-refractivity contribution is 6.30. The minimum atomic E-state index is -0.284. The van der Waals surface area contributed by atoms with Crippen LogP contribution in [0.25, 0.3) is 0 Å². The van der Waals surface area contributed by atoms with Gasteiger partial charge < -0.3 is 9.64 Å². The quantitative estimate of drug-likeness (QED) is 0.314. The molecule has 178 valence electrons. The maximum atomic E-state index is 6.62. The number of hydrogen-bond acceptors (Lipinski definition) is 3. The van der Waals surface area contributed by atoms with Gasteiger partial charge in [-0.1, -0.05) is 67.3 Å². The van der Waals surface area contributed by atoms with Gasteiger partial charge in [0, 0.05) is 43.6 Å². The van der Waals surface area contributed by atoms with E-state index in [2.05, 4.69) is 96.4 Å². The highest BCUT2D eigenvalue weighted by Crippen LogP contribution is 2.49. The number of nitrogens with zero attached hydrogens (tertiary/aromatic N) is 2. The van der Waals surface area contributed by atoms with Crippen LogP contribution in [0.3, 0.4) is 0 Å². The van der Waals surface area contributed by atoms with Gasteiger partial charge in [-0.3, -0.25) is 4.90 Å². The SMILES string of the molecule is CC#CC1OC2(CCN(CC(/C=C/CCC)=C/N(C)c3ccccc3)CC2)c2cc(Cl)ccc21. The Morgan fingerprint density at radius 2 is 1.97 bits per heavy atom. The maximum Gasteiger partial charge on any atom is 0.144 e. The van der Waals surface area contributed by atoms with E-state index >= 15 is 0 Å². The Bertz CT molecular complexity index is 1090. The number of likely N-dealkylation sites (tertiary alicyclic amines) is 1. The third kappa shape index (κ3) is 5.58. The number of unbranched alkanes of at least 4 members (excludes halogenated alkanes) is 1. The normalized spacial score (nSPS) is 19.8. The van der Waals surface area contributed by atoms with Crippen LogP contribution < -0.4 is 4.90 Å². The predicted molar refractivity (Wildman–Crippen MR) is 143 cm³/mol. The van der Waals surface area contributed by atoms with Gasteiger partial charge in [0.1, 0.15) is 6.10 Å². The van der Waals surface area contributed by atoms with Crippen molar-refractivity contribution in [2.75, 3.05) is 31.6 Å². The van der Waals surface area contributed by atoms with Crippen molar-refractivity contribution in [3.05, 3.63) is 88.6 Å². The Hall–Kier alpha value is -2.51. The fraction of sp³-hybridized carbons (Fsp3) is 0.400. The molecule has 2 aromatic carbocycles. The predicted octanol–water partition coefficient (Wildman–Crippen LogP) is 7.10. The summed E-state index contributed by atoms with van der Waals surface area (Å²) in [6.07, 6.45) is 10.8. The van der Waals surface area contributed by atoms with Gasteiger partial charge in [-0.15, -0.1) is 5.92 Å². The van der Waals surface area contributed by atoms with Crippen LogP contribution in [0.5, 0.6) is 0 Å². The average molecular weight is 475 g/mol. The van der Waals surface area contributed by atoms with Gasteiger partial charge in [0.15, 0.2) is 0 Å². The molecule has 1 unspecified atom stereocenters. The van der Waals surface area contributed by atoms with E-state index < -0.39 is 0 Å². The molecule has 2 aromatic rings. The molecule has 4 rings (SSSR count). The van der Waals surface area contributed by atoms with Crippen LogP contribution in [0.1, 0.15) is 56.8 Å². The second-order valence-corrected chi connectivity index (χ2v) is 9.67. The van der Waals surface area contributed by atoms with E-state index in [0.717, 1.165) is 50.3 Å². The molecule has 0 radical (unpaired) electrons. The number of hydrogen-bond donors (Lipinski definition) is 0. The molecule has 1 spiro atoms. The van der Waals surface area contributed by atoms with Crippen LogP contribution in [0.15, 0.2) is 72.5 Å². The van der Waals surface area contributed by atoms with Crippen molar-refractivity contribution in [3.63, 3.8) is 0 Å². The number of anilines is 1. The van der Waals surface area contributed by atoms with E-state index in [4.69, 9.17) is 16.3 Å². The van der Waals surface area contributed by atoms with Crippen molar-refractivity contribution in [2.45, 2.75) is 51.2 Å². The number of piperidine rings is 1. The largest absolute Gasteiger partial charge is 0.351 e. The molecule has 0 aliphatic carbocycles. The summed E-state index contributed by atoms with van der Waals surface area (Å²) in [7, 11) is 2.12. The zero-order valence-electron chi connectivity index (χ0n) is 20.6. The Morgan fingerprint density at radius 1 is 1.21 bits per heavy atom. The van der Waals surface area contributed by atoms with Gasteiger partial charge in [0.05, 0.1) is 5.60 Å². The van der Waals surface area contributed by atoms with Crippen LogP contribution in [-0.4, -0.2) is 31.6 Å². The first-order valence-electron chi connectivity index (χ1n) is 12.3. The Balaban J connectivity index is 1.49. The summed E-state index contributed by atoms with van der Waals surface area (Å²) in [6.45, 7) is 6.97. The molecule has 34 heavy (non-hydrogen) atoms. The van der Waals surface area contributed by atoms with Crippen LogP contribution in [-0.2, 0) is 10.3 Å².